The van der Waals surface area contributed by atoms with Gasteiger partial charge in [-0.05, 0) is 43.0 Å². The Morgan fingerprint density at radius 1 is 1.24 bits per heavy atom. The Kier molecular flexibility index (Phi) is 3.97. The molecule has 0 atom stereocenters. The van der Waals surface area contributed by atoms with Gasteiger partial charge in [-0.2, -0.15) is 5.10 Å². The first-order valence-electron chi connectivity index (χ1n) is 7.23. The summed E-state index contributed by atoms with van der Waals surface area (Å²) in [4.78, 5) is 14.4. The third-order valence-corrected chi connectivity index (χ3v) is 4.24. The van der Waals surface area contributed by atoms with Crippen LogP contribution in [0.2, 0.25) is 5.02 Å². The first-order chi connectivity index (χ1) is 10.1. The highest BCUT2D eigenvalue weighted by Gasteiger charge is 2.22. The molecule has 21 heavy (non-hydrogen) atoms. The van der Waals surface area contributed by atoms with Crippen LogP contribution in [0.15, 0.2) is 36.7 Å². The number of aromatic nitrogens is 2. The summed E-state index contributed by atoms with van der Waals surface area (Å²) >= 11 is 5.88. The summed E-state index contributed by atoms with van der Waals surface area (Å²) in [6.45, 7) is 3.92. The zero-order valence-electron chi connectivity index (χ0n) is 12.0. The van der Waals surface area contributed by atoms with Crippen LogP contribution in [0.25, 0.3) is 5.69 Å². The maximum Gasteiger partial charge on any atom is 0.257 e. The number of benzene rings is 1. The Morgan fingerprint density at radius 2 is 1.90 bits per heavy atom. The molecule has 1 aromatic heterocycles. The molecule has 4 nitrogen and oxygen atoms in total. The molecule has 0 saturated carbocycles. The van der Waals surface area contributed by atoms with E-state index >= 15 is 0 Å². The van der Waals surface area contributed by atoms with Crippen molar-refractivity contribution >= 4 is 17.5 Å². The Morgan fingerprint density at radius 3 is 2.57 bits per heavy atom. The van der Waals surface area contributed by atoms with Crippen molar-refractivity contribution in [2.75, 3.05) is 13.1 Å². The number of piperidine rings is 1. The molecule has 1 aliphatic rings. The molecule has 0 N–H and O–H groups in total. The molecule has 1 aromatic carbocycles. The van der Waals surface area contributed by atoms with Gasteiger partial charge in [0.05, 0.1) is 17.4 Å². The second kappa shape index (κ2) is 5.90. The van der Waals surface area contributed by atoms with Gasteiger partial charge in [-0.15, -0.1) is 0 Å². The molecule has 1 saturated heterocycles. The van der Waals surface area contributed by atoms with Crippen LogP contribution in [0.5, 0.6) is 0 Å². The second-order valence-corrected chi connectivity index (χ2v) is 6.06. The van der Waals surface area contributed by atoms with E-state index in [4.69, 9.17) is 11.6 Å². The highest BCUT2D eigenvalue weighted by atomic mass is 35.5. The van der Waals surface area contributed by atoms with Crippen molar-refractivity contribution in [3.8, 4) is 5.69 Å². The van der Waals surface area contributed by atoms with Crippen LogP contribution in [0.4, 0.5) is 0 Å². The molecule has 2 aromatic rings. The SMILES string of the molecule is CC1CCN(C(=O)c2cnn(-c3ccc(Cl)cc3)c2)CC1. The number of likely N-dealkylation sites (tertiary alicyclic amines) is 1. The molecule has 0 unspecified atom stereocenters. The summed E-state index contributed by atoms with van der Waals surface area (Å²) in [5, 5.41) is 4.96. The van der Waals surface area contributed by atoms with Crippen LogP contribution in [0.1, 0.15) is 30.1 Å². The Hall–Kier alpha value is -1.81. The van der Waals surface area contributed by atoms with E-state index in [1.165, 1.54) is 0 Å². The van der Waals surface area contributed by atoms with Crippen LogP contribution in [-0.4, -0.2) is 33.7 Å². The van der Waals surface area contributed by atoms with Gasteiger partial charge in [0.15, 0.2) is 0 Å². The maximum atomic E-state index is 12.5. The van der Waals surface area contributed by atoms with E-state index in [0.717, 1.165) is 31.6 Å². The first-order valence-corrected chi connectivity index (χ1v) is 7.61. The van der Waals surface area contributed by atoms with E-state index in [-0.39, 0.29) is 5.91 Å². The van der Waals surface area contributed by atoms with Gasteiger partial charge < -0.3 is 4.90 Å². The molecular weight excluding hydrogens is 286 g/mol. The zero-order valence-corrected chi connectivity index (χ0v) is 12.8. The maximum absolute atomic E-state index is 12.5. The van der Waals surface area contributed by atoms with Gasteiger partial charge in [-0.1, -0.05) is 18.5 Å². The van der Waals surface area contributed by atoms with Crippen LogP contribution < -0.4 is 0 Å². The van der Waals surface area contributed by atoms with E-state index in [9.17, 15) is 4.79 Å². The van der Waals surface area contributed by atoms with Gasteiger partial charge in [0.2, 0.25) is 0 Å². The molecule has 0 aliphatic carbocycles. The smallest absolute Gasteiger partial charge is 0.257 e. The molecule has 3 rings (SSSR count). The topological polar surface area (TPSA) is 38.1 Å². The van der Waals surface area contributed by atoms with Gasteiger partial charge in [0.25, 0.3) is 5.91 Å². The minimum atomic E-state index is 0.0714. The Labute approximate surface area is 129 Å². The van der Waals surface area contributed by atoms with Crippen molar-refractivity contribution in [3.63, 3.8) is 0 Å². The summed E-state index contributed by atoms with van der Waals surface area (Å²) in [5.74, 6) is 0.785. The summed E-state index contributed by atoms with van der Waals surface area (Å²) in [6.07, 6.45) is 5.58. The lowest BCUT2D eigenvalue weighted by Gasteiger charge is -2.29. The monoisotopic (exact) mass is 303 g/mol. The Balaban J connectivity index is 1.75. The quantitative estimate of drug-likeness (QED) is 0.853. The first kappa shape index (κ1) is 14.1. The van der Waals surface area contributed by atoms with Crippen LogP contribution >= 0.6 is 11.6 Å². The predicted molar refractivity (Wildman–Crippen MR) is 82.9 cm³/mol. The van der Waals surface area contributed by atoms with E-state index in [0.29, 0.717) is 16.5 Å². The third-order valence-electron chi connectivity index (χ3n) is 3.99. The molecule has 1 amide bonds. The highest BCUT2D eigenvalue weighted by molar-refractivity contribution is 6.30. The molecule has 5 heteroatoms. The summed E-state index contributed by atoms with van der Waals surface area (Å²) < 4.78 is 1.70. The number of amides is 1. The van der Waals surface area contributed by atoms with Crippen molar-refractivity contribution in [3.05, 3.63) is 47.2 Å². The third kappa shape index (κ3) is 3.10. The number of hydrogen-bond donors (Lipinski definition) is 0. The number of halogens is 1. The van der Waals surface area contributed by atoms with E-state index in [2.05, 4.69) is 12.0 Å². The molecule has 1 aliphatic heterocycles. The second-order valence-electron chi connectivity index (χ2n) is 5.62. The van der Waals surface area contributed by atoms with Crippen LogP contribution in [0, 0.1) is 5.92 Å². The highest BCUT2D eigenvalue weighted by Crippen LogP contribution is 2.19. The predicted octanol–water partition coefficient (Wildman–Crippen LogP) is 3.40. The van der Waals surface area contributed by atoms with Gasteiger partial charge in [0.1, 0.15) is 0 Å². The van der Waals surface area contributed by atoms with Gasteiger partial charge in [0, 0.05) is 24.3 Å². The largest absolute Gasteiger partial charge is 0.339 e. The van der Waals surface area contributed by atoms with Crippen molar-refractivity contribution in [2.45, 2.75) is 19.8 Å². The van der Waals surface area contributed by atoms with Gasteiger partial charge >= 0.3 is 0 Å². The fourth-order valence-electron chi connectivity index (χ4n) is 2.56. The molecule has 110 valence electrons. The summed E-state index contributed by atoms with van der Waals surface area (Å²) in [5.41, 5.74) is 1.53. The summed E-state index contributed by atoms with van der Waals surface area (Å²) in [7, 11) is 0. The molecule has 0 radical (unpaired) electrons. The zero-order chi connectivity index (χ0) is 14.8. The summed E-state index contributed by atoms with van der Waals surface area (Å²) in [6, 6.07) is 7.39. The number of hydrogen-bond acceptors (Lipinski definition) is 2. The number of carbonyl (C=O) groups is 1. The van der Waals surface area contributed by atoms with Gasteiger partial charge in [-0.25, -0.2) is 4.68 Å². The standard InChI is InChI=1S/C16H18ClN3O/c1-12-6-8-19(9-7-12)16(21)13-10-18-20(11-13)15-4-2-14(17)3-5-15/h2-5,10-12H,6-9H2,1H3. The average molecular weight is 304 g/mol. The molecule has 0 bridgehead atoms. The van der Waals surface area contributed by atoms with Gasteiger partial charge in [-0.3, -0.25) is 4.79 Å². The molecule has 0 spiro atoms. The normalized spacial score (nSPS) is 16.2. The minimum absolute atomic E-state index is 0.0714. The number of nitrogens with zero attached hydrogens (tertiary/aromatic N) is 3. The fraction of sp³-hybridized carbons (Fsp3) is 0.375. The van der Waals surface area contributed by atoms with E-state index < -0.39 is 0 Å². The molecular formula is C16H18ClN3O. The van der Waals surface area contributed by atoms with Crippen LogP contribution in [-0.2, 0) is 0 Å². The minimum Gasteiger partial charge on any atom is -0.339 e. The van der Waals surface area contributed by atoms with Crippen LogP contribution in [0.3, 0.4) is 0 Å². The molecule has 1 fully saturated rings. The lowest BCUT2D eigenvalue weighted by molar-refractivity contribution is 0.0697. The van der Waals surface area contributed by atoms with Crippen molar-refractivity contribution in [1.82, 2.24) is 14.7 Å². The van der Waals surface area contributed by atoms with Crippen molar-refractivity contribution < 1.29 is 4.79 Å². The number of rotatable bonds is 2. The lowest BCUT2D eigenvalue weighted by Crippen LogP contribution is -2.37. The van der Waals surface area contributed by atoms with Crippen molar-refractivity contribution in [1.29, 1.82) is 0 Å². The number of carbonyl (C=O) groups excluding carboxylic acids is 1. The van der Waals surface area contributed by atoms with E-state index in [1.807, 2.05) is 29.2 Å². The Bertz CT molecular complexity index is 627. The lowest BCUT2D eigenvalue weighted by atomic mass is 9.99. The molecule has 2 heterocycles. The van der Waals surface area contributed by atoms with Crippen molar-refractivity contribution in [2.24, 2.45) is 5.92 Å². The van der Waals surface area contributed by atoms with E-state index in [1.54, 1.807) is 17.1 Å². The average Bonchev–Trinajstić information content (AvgIpc) is 2.98. The fourth-order valence-corrected chi connectivity index (χ4v) is 2.69.